The van der Waals surface area contributed by atoms with Gasteiger partial charge in [0.25, 0.3) is 0 Å². The van der Waals surface area contributed by atoms with E-state index < -0.39 is 0 Å². The maximum absolute atomic E-state index is 6.91. The Kier molecular flexibility index (Phi) is 3.14. The van der Waals surface area contributed by atoms with Gasteiger partial charge in [0.05, 0.1) is 5.69 Å². The van der Waals surface area contributed by atoms with Crippen molar-refractivity contribution in [3.8, 4) is 0 Å². The highest BCUT2D eigenvalue weighted by molar-refractivity contribution is 5.38. The minimum Gasteiger partial charge on any atom is -0.204 e. The van der Waals surface area contributed by atoms with E-state index in [0.717, 1.165) is 17.5 Å². The SMILES string of the molecule is CC1CCC(c2ccc(N=N)cc2)CC1. The highest BCUT2D eigenvalue weighted by Gasteiger charge is 2.19. The summed E-state index contributed by atoms with van der Waals surface area (Å²) in [6.07, 6.45) is 5.35. The zero-order valence-electron chi connectivity index (χ0n) is 9.24. The fraction of sp³-hybridized carbons (Fsp3) is 0.538. The third kappa shape index (κ3) is 2.44. The summed E-state index contributed by atoms with van der Waals surface area (Å²) in [6, 6.07) is 8.16. The van der Waals surface area contributed by atoms with Crippen molar-refractivity contribution >= 4 is 5.69 Å². The summed E-state index contributed by atoms with van der Waals surface area (Å²) in [4.78, 5) is 0. The average Bonchev–Trinajstić information content (AvgIpc) is 2.30. The summed E-state index contributed by atoms with van der Waals surface area (Å²) < 4.78 is 0. The molecular formula is C13H18N2. The van der Waals surface area contributed by atoms with Gasteiger partial charge in [-0.25, -0.2) is 5.53 Å². The Morgan fingerprint density at radius 3 is 2.20 bits per heavy atom. The summed E-state index contributed by atoms with van der Waals surface area (Å²) in [5, 5.41) is 3.42. The van der Waals surface area contributed by atoms with E-state index in [0.29, 0.717) is 0 Å². The van der Waals surface area contributed by atoms with E-state index >= 15 is 0 Å². The molecule has 0 radical (unpaired) electrons. The Bertz CT molecular complexity index is 321. The molecule has 0 aromatic heterocycles. The third-order valence-electron chi connectivity index (χ3n) is 3.51. The molecule has 2 heteroatoms. The number of nitrogens with zero attached hydrogens (tertiary/aromatic N) is 1. The van der Waals surface area contributed by atoms with Crippen molar-refractivity contribution in [1.29, 1.82) is 5.53 Å². The van der Waals surface area contributed by atoms with E-state index in [4.69, 9.17) is 5.53 Å². The summed E-state index contributed by atoms with van der Waals surface area (Å²) in [6.45, 7) is 2.35. The first-order valence-corrected chi connectivity index (χ1v) is 5.77. The van der Waals surface area contributed by atoms with Crippen molar-refractivity contribution in [2.45, 2.75) is 38.5 Å². The molecule has 0 heterocycles. The molecule has 0 bridgehead atoms. The quantitative estimate of drug-likeness (QED) is 0.678. The number of hydrogen-bond donors (Lipinski definition) is 1. The van der Waals surface area contributed by atoms with E-state index in [1.807, 2.05) is 12.1 Å². The second-order valence-corrected chi connectivity index (χ2v) is 4.66. The molecule has 0 atom stereocenters. The number of hydrogen-bond acceptors (Lipinski definition) is 2. The molecule has 0 unspecified atom stereocenters. The van der Waals surface area contributed by atoms with Crippen LogP contribution in [-0.4, -0.2) is 0 Å². The van der Waals surface area contributed by atoms with Gasteiger partial charge < -0.3 is 0 Å². The summed E-state index contributed by atoms with van der Waals surface area (Å²) in [7, 11) is 0. The van der Waals surface area contributed by atoms with E-state index in [1.54, 1.807) is 0 Å². The van der Waals surface area contributed by atoms with Crippen LogP contribution in [0.1, 0.15) is 44.1 Å². The van der Waals surface area contributed by atoms with Crippen molar-refractivity contribution in [2.24, 2.45) is 11.0 Å². The lowest BCUT2D eigenvalue weighted by molar-refractivity contribution is 0.348. The average molecular weight is 202 g/mol. The lowest BCUT2D eigenvalue weighted by Crippen LogP contribution is -2.10. The van der Waals surface area contributed by atoms with Crippen molar-refractivity contribution in [3.05, 3.63) is 29.8 Å². The fourth-order valence-corrected chi connectivity index (χ4v) is 2.41. The molecule has 0 amide bonds. The maximum atomic E-state index is 6.91. The monoisotopic (exact) mass is 202 g/mol. The van der Waals surface area contributed by atoms with Crippen molar-refractivity contribution in [1.82, 2.24) is 0 Å². The fourth-order valence-electron chi connectivity index (χ4n) is 2.41. The molecule has 0 spiro atoms. The molecular weight excluding hydrogens is 184 g/mol. The lowest BCUT2D eigenvalue weighted by atomic mass is 9.79. The predicted octanol–water partition coefficient (Wildman–Crippen LogP) is 4.64. The van der Waals surface area contributed by atoms with Gasteiger partial charge in [0, 0.05) is 0 Å². The van der Waals surface area contributed by atoms with E-state index in [2.05, 4.69) is 24.2 Å². The Morgan fingerprint density at radius 2 is 1.67 bits per heavy atom. The smallest absolute Gasteiger partial charge is 0.0850 e. The minimum atomic E-state index is 0.737. The van der Waals surface area contributed by atoms with Gasteiger partial charge in [0.15, 0.2) is 0 Å². The first-order valence-electron chi connectivity index (χ1n) is 5.77. The summed E-state index contributed by atoms with van der Waals surface area (Å²) in [5.74, 6) is 1.64. The van der Waals surface area contributed by atoms with Gasteiger partial charge in [0.2, 0.25) is 0 Å². The number of rotatable bonds is 2. The van der Waals surface area contributed by atoms with Crippen LogP contribution in [0.5, 0.6) is 0 Å². The zero-order valence-corrected chi connectivity index (χ0v) is 9.24. The van der Waals surface area contributed by atoms with Crippen LogP contribution in [0.15, 0.2) is 29.4 Å². The Labute approximate surface area is 91.2 Å². The van der Waals surface area contributed by atoms with Crippen LogP contribution in [0.25, 0.3) is 0 Å². The van der Waals surface area contributed by atoms with Crippen LogP contribution in [0.2, 0.25) is 0 Å². The van der Waals surface area contributed by atoms with Gasteiger partial charge in [-0.05, 0) is 42.4 Å². The lowest BCUT2D eigenvalue weighted by Gasteiger charge is -2.26. The molecule has 0 aliphatic heterocycles. The summed E-state index contributed by atoms with van der Waals surface area (Å²) in [5.41, 5.74) is 9.09. The van der Waals surface area contributed by atoms with Crippen LogP contribution >= 0.6 is 0 Å². The van der Waals surface area contributed by atoms with Crippen molar-refractivity contribution in [3.63, 3.8) is 0 Å². The predicted molar refractivity (Wildman–Crippen MR) is 61.6 cm³/mol. The molecule has 1 aromatic carbocycles. The van der Waals surface area contributed by atoms with Crippen LogP contribution in [-0.2, 0) is 0 Å². The first kappa shape index (κ1) is 10.3. The highest BCUT2D eigenvalue weighted by atomic mass is 14.9. The standard InChI is InChI=1S/C13H18N2/c1-10-2-4-11(5-3-10)12-6-8-13(15-14)9-7-12/h6-11,14H,2-5H2,1H3. The second kappa shape index (κ2) is 4.56. The largest absolute Gasteiger partial charge is 0.204 e. The second-order valence-electron chi connectivity index (χ2n) is 4.66. The van der Waals surface area contributed by atoms with Crippen molar-refractivity contribution < 1.29 is 0 Å². The molecule has 1 saturated carbocycles. The molecule has 0 saturated heterocycles. The van der Waals surface area contributed by atoms with Gasteiger partial charge in [-0.1, -0.05) is 31.9 Å². The summed E-state index contributed by atoms with van der Waals surface area (Å²) >= 11 is 0. The molecule has 1 aromatic rings. The molecule has 1 fully saturated rings. The van der Waals surface area contributed by atoms with Gasteiger partial charge in [-0.3, -0.25) is 0 Å². The van der Waals surface area contributed by atoms with Gasteiger partial charge in [0.1, 0.15) is 0 Å². The zero-order chi connectivity index (χ0) is 10.7. The van der Waals surface area contributed by atoms with Crippen LogP contribution in [0, 0.1) is 11.4 Å². The third-order valence-corrected chi connectivity index (χ3v) is 3.51. The number of benzene rings is 1. The molecule has 1 N–H and O–H groups in total. The Morgan fingerprint density at radius 1 is 1.07 bits per heavy atom. The first-order chi connectivity index (χ1) is 7.29. The number of nitrogens with one attached hydrogen (secondary N) is 1. The van der Waals surface area contributed by atoms with Gasteiger partial charge in [-0.2, -0.15) is 5.11 Å². The highest BCUT2D eigenvalue weighted by Crippen LogP contribution is 2.35. The molecule has 2 rings (SSSR count). The Balaban J connectivity index is 2.06. The molecule has 1 aliphatic carbocycles. The van der Waals surface area contributed by atoms with Crippen molar-refractivity contribution in [2.75, 3.05) is 0 Å². The molecule has 1 aliphatic rings. The Hall–Kier alpha value is -1.18. The maximum Gasteiger partial charge on any atom is 0.0850 e. The van der Waals surface area contributed by atoms with Gasteiger partial charge in [-0.15, -0.1) is 0 Å². The van der Waals surface area contributed by atoms with E-state index in [9.17, 15) is 0 Å². The minimum absolute atomic E-state index is 0.737. The van der Waals surface area contributed by atoms with Gasteiger partial charge >= 0.3 is 0 Å². The van der Waals surface area contributed by atoms with Crippen LogP contribution < -0.4 is 0 Å². The molecule has 2 nitrogen and oxygen atoms in total. The molecule has 80 valence electrons. The van der Waals surface area contributed by atoms with E-state index in [-0.39, 0.29) is 0 Å². The van der Waals surface area contributed by atoms with Crippen LogP contribution in [0.4, 0.5) is 5.69 Å². The normalized spacial score (nSPS) is 26.2. The van der Waals surface area contributed by atoms with Crippen LogP contribution in [0.3, 0.4) is 0 Å². The molecule has 15 heavy (non-hydrogen) atoms. The topological polar surface area (TPSA) is 36.2 Å². The van der Waals surface area contributed by atoms with E-state index in [1.165, 1.54) is 31.2 Å².